The highest BCUT2D eigenvalue weighted by molar-refractivity contribution is 5.80. The minimum absolute atomic E-state index is 0.576. The number of carboxylic acid groups (broad SMARTS) is 1. The van der Waals surface area contributed by atoms with E-state index in [0.29, 0.717) is 11.5 Å². The summed E-state index contributed by atoms with van der Waals surface area (Å²) in [5, 5.41) is 9.51. The predicted octanol–water partition coefficient (Wildman–Crippen LogP) is 3.29. The van der Waals surface area contributed by atoms with Crippen LogP contribution in [0.15, 0.2) is 66.9 Å². The first-order valence-electron chi connectivity index (χ1n) is 6.64. The third kappa shape index (κ3) is 2.69. The fourth-order valence-electron chi connectivity index (χ4n) is 2.33. The van der Waals surface area contributed by atoms with E-state index < -0.39 is 11.9 Å². The molecule has 104 valence electrons. The number of aromatic nitrogens is 2. The second-order valence-corrected chi connectivity index (χ2v) is 4.74. The van der Waals surface area contributed by atoms with Gasteiger partial charge in [-0.15, -0.1) is 0 Å². The van der Waals surface area contributed by atoms with Gasteiger partial charge < -0.3 is 10.1 Å². The van der Waals surface area contributed by atoms with Gasteiger partial charge in [0.05, 0.1) is 5.69 Å². The Morgan fingerprint density at radius 2 is 1.62 bits per heavy atom. The fourth-order valence-corrected chi connectivity index (χ4v) is 2.33. The molecular weight excluding hydrogens is 264 g/mol. The Labute approximate surface area is 122 Å². The van der Waals surface area contributed by atoms with E-state index in [-0.39, 0.29) is 0 Å². The van der Waals surface area contributed by atoms with Gasteiger partial charge in [-0.25, -0.2) is 4.98 Å². The zero-order valence-corrected chi connectivity index (χ0v) is 11.2. The van der Waals surface area contributed by atoms with Gasteiger partial charge in [-0.1, -0.05) is 60.7 Å². The van der Waals surface area contributed by atoms with E-state index in [0.717, 1.165) is 11.1 Å². The van der Waals surface area contributed by atoms with Crippen LogP contribution >= 0.6 is 0 Å². The summed E-state index contributed by atoms with van der Waals surface area (Å²) in [5.74, 6) is -0.964. The molecule has 0 aliphatic heterocycles. The number of H-pyrrole nitrogens is 1. The third-order valence-corrected chi connectivity index (χ3v) is 3.33. The first-order chi connectivity index (χ1) is 10.3. The molecular formula is C17H14N2O2. The second-order valence-electron chi connectivity index (χ2n) is 4.74. The van der Waals surface area contributed by atoms with Gasteiger partial charge in [0.2, 0.25) is 0 Å². The number of rotatable bonds is 4. The molecule has 0 saturated heterocycles. The van der Waals surface area contributed by atoms with Gasteiger partial charge in [0.25, 0.3) is 0 Å². The summed E-state index contributed by atoms with van der Waals surface area (Å²) < 4.78 is 0. The largest absolute Gasteiger partial charge is 0.480 e. The van der Waals surface area contributed by atoms with Crippen LogP contribution in [0.3, 0.4) is 0 Å². The Hall–Kier alpha value is -2.88. The molecule has 2 N–H and O–H groups in total. The smallest absolute Gasteiger partial charge is 0.317 e. The van der Waals surface area contributed by atoms with Gasteiger partial charge >= 0.3 is 5.97 Å². The molecule has 1 unspecified atom stereocenters. The standard InChI is InChI=1S/C17H14N2O2/c20-17(21)15(12-7-3-1-4-8-12)14-11-18-16(19-14)13-9-5-2-6-10-13/h1-11,15H,(H,18,19)(H,20,21). The molecule has 0 spiro atoms. The van der Waals surface area contributed by atoms with E-state index in [9.17, 15) is 9.90 Å². The number of benzene rings is 2. The van der Waals surface area contributed by atoms with Gasteiger partial charge in [-0.3, -0.25) is 4.79 Å². The number of aromatic amines is 1. The maximum absolute atomic E-state index is 11.6. The van der Waals surface area contributed by atoms with Crippen LogP contribution in [0.5, 0.6) is 0 Å². The van der Waals surface area contributed by atoms with Gasteiger partial charge in [0.1, 0.15) is 11.7 Å². The molecule has 3 aromatic rings. The number of nitrogens with one attached hydrogen (secondary N) is 1. The number of carboxylic acids is 1. The van der Waals surface area contributed by atoms with Crippen LogP contribution in [-0.2, 0) is 4.79 Å². The maximum Gasteiger partial charge on any atom is 0.317 e. The first-order valence-corrected chi connectivity index (χ1v) is 6.64. The minimum atomic E-state index is -0.899. The van der Waals surface area contributed by atoms with Gasteiger partial charge in [0, 0.05) is 11.8 Å². The average molecular weight is 278 g/mol. The highest BCUT2D eigenvalue weighted by atomic mass is 16.4. The van der Waals surface area contributed by atoms with Crippen molar-refractivity contribution >= 4 is 5.97 Å². The lowest BCUT2D eigenvalue weighted by Gasteiger charge is -2.10. The molecule has 4 heteroatoms. The van der Waals surface area contributed by atoms with Crippen molar-refractivity contribution in [2.75, 3.05) is 0 Å². The van der Waals surface area contributed by atoms with Crippen LogP contribution in [0.1, 0.15) is 17.2 Å². The topological polar surface area (TPSA) is 66.0 Å². The molecule has 1 aromatic heterocycles. The molecule has 0 radical (unpaired) electrons. The lowest BCUT2D eigenvalue weighted by Crippen LogP contribution is -2.13. The molecule has 0 saturated carbocycles. The van der Waals surface area contributed by atoms with Crippen LogP contribution in [0.25, 0.3) is 11.4 Å². The van der Waals surface area contributed by atoms with Crippen molar-refractivity contribution in [1.82, 2.24) is 9.97 Å². The summed E-state index contributed by atoms with van der Waals surface area (Å²) in [6.07, 6.45) is 1.59. The van der Waals surface area contributed by atoms with Crippen molar-refractivity contribution in [3.63, 3.8) is 0 Å². The Kier molecular flexibility index (Phi) is 3.51. The van der Waals surface area contributed by atoms with Crippen molar-refractivity contribution in [3.05, 3.63) is 78.1 Å². The Bertz CT molecular complexity index is 736. The van der Waals surface area contributed by atoms with Crippen LogP contribution in [0.2, 0.25) is 0 Å². The summed E-state index contributed by atoms with van der Waals surface area (Å²) in [6, 6.07) is 18.8. The molecule has 0 fully saturated rings. The van der Waals surface area contributed by atoms with Crippen molar-refractivity contribution in [2.45, 2.75) is 5.92 Å². The summed E-state index contributed by atoms with van der Waals surface area (Å²) in [5.41, 5.74) is 2.24. The van der Waals surface area contributed by atoms with Gasteiger partial charge in [-0.05, 0) is 5.56 Å². The number of imidazole rings is 1. The average Bonchev–Trinajstić information content (AvgIpc) is 2.98. The van der Waals surface area contributed by atoms with Crippen molar-refractivity contribution in [3.8, 4) is 11.4 Å². The summed E-state index contributed by atoms with van der Waals surface area (Å²) in [4.78, 5) is 19.0. The van der Waals surface area contributed by atoms with E-state index in [4.69, 9.17) is 0 Å². The van der Waals surface area contributed by atoms with Crippen molar-refractivity contribution in [2.24, 2.45) is 0 Å². The summed E-state index contributed by atoms with van der Waals surface area (Å²) in [6.45, 7) is 0. The zero-order valence-electron chi connectivity index (χ0n) is 11.2. The molecule has 0 aliphatic rings. The molecule has 1 heterocycles. The number of hydrogen-bond acceptors (Lipinski definition) is 2. The highest BCUT2D eigenvalue weighted by Gasteiger charge is 2.24. The quantitative estimate of drug-likeness (QED) is 0.769. The van der Waals surface area contributed by atoms with E-state index in [1.807, 2.05) is 60.7 Å². The summed E-state index contributed by atoms with van der Waals surface area (Å²) >= 11 is 0. The SMILES string of the molecule is O=C(O)C(c1ccccc1)c1cnc(-c2ccccc2)[nH]1. The van der Waals surface area contributed by atoms with E-state index in [1.165, 1.54) is 0 Å². The Balaban J connectivity index is 1.99. The second kappa shape index (κ2) is 5.63. The van der Waals surface area contributed by atoms with Crippen LogP contribution < -0.4 is 0 Å². The summed E-state index contributed by atoms with van der Waals surface area (Å²) in [7, 11) is 0. The normalized spacial score (nSPS) is 12.0. The maximum atomic E-state index is 11.6. The Morgan fingerprint density at radius 3 is 2.24 bits per heavy atom. The van der Waals surface area contributed by atoms with Gasteiger partial charge in [-0.2, -0.15) is 0 Å². The predicted molar refractivity (Wildman–Crippen MR) is 79.9 cm³/mol. The van der Waals surface area contributed by atoms with Crippen LogP contribution in [0.4, 0.5) is 0 Å². The van der Waals surface area contributed by atoms with Gasteiger partial charge in [0.15, 0.2) is 0 Å². The molecule has 1 atom stereocenters. The third-order valence-electron chi connectivity index (χ3n) is 3.33. The highest BCUT2D eigenvalue weighted by Crippen LogP contribution is 2.25. The molecule has 4 nitrogen and oxygen atoms in total. The monoisotopic (exact) mass is 278 g/mol. The van der Waals surface area contributed by atoms with Crippen molar-refractivity contribution < 1.29 is 9.90 Å². The zero-order chi connectivity index (χ0) is 14.7. The number of nitrogens with zero attached hydrogens (tertiary/aromatic N) is 1. The molecule has 0 bridgehead atoms. The molecule has 0 aliphatic carbocycles. The number of carbonyl (C=O) groups is 1. The molecule has 0 amide bonds. The number of hydrogen-bond donors (Lipinski definition) is 2. The molecule has 21 heavy (non-hydrogen) atoms. The van der Waals surface area contributed by atoms with Crippen molar-refractivity contribution in [1.29, 1.82) is 0 Å². The van der Waals surface area contributed by atoms with E-state index >= 15 is 0 Å². The lowest BCUT2D eigenvalue weighted by molar-refractivity contribution is -0.137. The van der Waals surface area contributed by atoms with Crippen LogP contribution in [0, 0.1) is 0 Å². The fraction of sp³-hybridized carbons (Fsp3) is 0.0588. The first kappa shape index (κ1) is 13.1. The Morgan fingerprint density at radius 1 is 1.00 bits per heavy atom. The van der Waals surface area contributed by atoms with E-state index in [2.05, 4.69) is 9.97 Å². The molecule has 2 aromatic carbocycles. The van der Waals surface area contributed by atoms with Crippen LogP contribution in [-0.4, -0.2) is 21.0 Å². The number of aliphatic carboxylic acids is 1. The van der Waals surface area contributed by atoms with E-state index in [1.54, 1.807) is 6.20 Å². The molecule has 3 rings (SSSR count). The minimum Gasteiger partial charge on any atom is -0.480 e. The lowest BCUT2D eigenvalue weighted by atomic mass is 9.96.